The van der Waals surface area contributed by atoms with E-state index in [0.29, 0.717) is 25.3 Å². The summed E-state index contributed by atoms with van der Waals surface area (Å²) < 4.78 is 11.9. The first-order chi connectivity index (χ1) is 11.1. The third kappa shape index (κ3) is 2.33. The standard InChI is InChI=1S/C17H21N3O3/c1-11-9-20(10-17(23-11)6-7-22-12(17)2)16(21)14-5-3-4-13-8-18-19-15(13)14/h3-5,8,11-12H,6-7,9-10H2,1-2H3,(H,18,19). The molecule has 6 heteroatoms. The molecule has 2 aliphatic rings. The molecule has 3 unspecified atom stereocenters. The zero-order valence-electron chi connectivity index (χ0n) is 13.4. The number of benzene rings is 1. The predicted octanol–water partition coefficient (Wildman–Crippen LogP) is 1.97. The average molecular weight is 315 g/mol. The van der Waals surface area contributed by atoms with Crippen LogP contribution in [0.3, 0.4) is 0 Å². The number of aromatic amines is 1. The molecular formula is C17H21N3O3. The van der Waals surface area contributed by atoms with Gasteiger partial charge in [-0.2, -0.15) is 5.10 Å². The van der Waals surface area contributed by atoms with Gasteiger partial charge in [-0.15, -0.1) is 0 Å². The van der Waals surface area contributed by atoms with E-state index in [1.165, 1.54) is 0 Å². The largest absolute Gasteiger partial charge is 0.375 e. The molecule has 2 aliphatic heterocycles. The van der Waals surface area contributed by atoms with Crippen molar-refractivity contribution in [3.05, 3.63) is 30.0 Å². The van der Waals surface area contributed by atoms with Crippen LogP contribution in [-0.2, 0) is 9.47 Å². The summed E-state index contributed by atoms with van der Waals surface area (Å²) in [5.41, 5.74) is 1.08. The molecule has 2 aromatic rings. The predicted molar refractivity (Wildman–Crippen MR) is 85.3 cm³/mol. The lowest BCUT2D eigenvalue weighted by Crippen LogP contribution is -2.59. The minimum absolute atomic E-state index is 0.00202. The Morgan fingerprint density at radius 2 is 2.30 bits per heavy atom. The van der Waals surface area contributed by atoms with Crippen molar-refractivity contribution in [3.8, 4) is 0 Å². The second-order valence-electron chi connectivity index (χ2n) is 6.58. The number of hydrogen-bond acceptors (Lipinski definition) is 4. The summed E-state index contributed by atoms with van der Waals surface area (Å²) in [5, 5.41) is 7.93. The molecule has 4 rings (SSSR count). The summed E-state index contributed by atoms with van der Waals surface area (Å²) in [4.78, 5) is 15.0. The number of rotatable bonds is 1. The van der Waals surface area contributed by atoms with Gasteiger partial charge in [-0.3, -0.25) is 9.89 Å². The summed E-state index contributed by atoms with van der Waals surface area (Å²) >= 11 is 0. The van der Waals surface area contributed by atoms with Gasteiger partial charge in [-0.1, -0.05) is 12.1 Å². The summed E-state index contributed by atoms with van der Waals surface area (Å²) in [5.74, 6) is 0.0217. The number of para-hydroxylation sites is 1. The van der Waals surface area contributed by atoms with Gasteiger partial charge >= 0.3 is 0 Å². The van der Waals surface area contributed by atoms with Gasteiger partial charge in [0.25, 0.3) is 5.91 Å². The van der Waals surface area contributed by atoms with Crippen LogP contribution in [0, 0.1) is 0 Å². The number of nitrogens with one attached hydrogen (secondary N) is 1. The van der Waals surface area contributed by atoms with Gasteiger partial charge in [0, 0.05) is 25.0 Å². The van der Waals surface area contributed by atoms with E-state index in [9.17, 15) is 4.79 Å². The number of hydrogen-bond donors (Lipinski definition) is 1. The molecule has 1 spiro atoms. The van der Waals surface area contributed by atoms with Gasteiger partial charge < -0.3 is 14.4 Å². The molecule has 2 fully saturated rings. The van der Waals surface area contributed by atoms with Gasteiger partial charge in [-0.25, -0.2) is 0 Å². The Bertz CT molecular complexity index is 744. The second kappa shape index (κ2) is 5.32. The van der Waals surface area contributed by atoms with Crippen molar-refractivity contribution in [2.75, 3.05) is 19.7 Å². The van der Waals surface area contributed by atoms with Crippen LogP contribution >= 0.6 is 0 Å². The van der Waals surface area contributed by atoms with Crippen molar-refractivity contribution in [1.82, 2.24) is 15.1 Å². The number of carbonyl (C=O) groups is 1. The Kier molecular flexibility index (Phi) is 3.39. The average Bonchev–Trinajstić information content (AvgIpc) is 3.13. The van der Waals surface area contributed by atoms with Crippen molar-refractivity contribution < 1.29 is 14.3 Å². The SMILES string of the molecule is CC1CN(C(=O)c2cccc3cn[nH]c23)CC2(CCOC2C)O1. The van der Waals surface area contributed by atoms with Gasteiger partial charge in [0.2, 0.25) is 0 Å². The molecule has 122 valence electrons. The fraction of sp³-hybridized carbons (Fsp3) is 0.529. The number of amides is 1. The maximum absolute atomic E-state index is 13.1. The van der Waals surface area contributed by atoms with E-state index in [1.54, 1.807) is 6.20 Å². The van der Waals surface area contributed by atoms with Crippen LogP contribution in [0.2, 0.25) is 0 Å². The minimum Gasteiger partial charge on any atom is -0.375 e. The van der Waals surface area contributed by atoms with Crippen molar-refractivity contribution >= 4 is 16.8 Å². The number of ether oxygens (including phenoxy) is 2. The monoisotopic (exact) mass is 315 g/mol. The minimum atomic E-state index is -0.380. The molecule has 23 heavy (non-hydrogen) atoms. The molecule has 3 atom stereocenters. The van der Waals surface area contributed by atoms with Gasteiger partial charge in [-0.05, 0) is 19.9 Å². The summed E-state index contributed by atoms with van der Waals surface area (Å²) in [6, 6.07) is 5.70. The Labute approximate surface area is 134 Å². The Balaban J connectivity index is 1.66. The number of morpholine rings is 1. The molecule has 1 aromatic heterocycles. The highest BCUT2D eigenvalue weighted by Gasteiger charge is 2.48. The fourth-order valence-corrected chi connectivity index (χ4v) is 3.77. The molecule has 3 heterocycles. The highest BCUT2D eigenvalue weighted by atomic mass is 16.6. The molecule has 1 amide bonds. The second-order valence-corrected chi connectivity index (χ2v) is 6.58. The van der Waals surface area contributed by atoms with Gasteiger partial charge in [0.15, 0.2) is 0 Å². The molecule has 0 aliphatic carbocycles. The lowest BCUT2D eigenvalue weighted by atomic mass is 9.92. The third-order valence-electron chi connectivity index (χ3n) is 5.00. The van der Waals surface area contributed by atoms with Crippen LogP contribution in [0.5, 0.6) is 0 Å². The maximum atomic E-state index is 13.1. The summed E-state index contributed by atoms with van der Waals surface area (Å²) in [6.07, 6.45) is 2.57. The van der Waals surface area contributed by atoms with Gasteiger partial charge in [0.1, 0.15) is 5.60 Å². The smallest absolute Gasteiger partial charge is 0.256 e. The van der Waals surface area contributed by atoms with Crippen molar-refractivity contribution in [2.24, 2.45) is 0 Å². The van der Waals surface area contributed by atoms with E-state index in [4.69, 9.17) is 9.47 Å². The topological polar surface area (TPSA) is 67.5 Å². The van der Waals surface area contributed by atoms with Gasteiger partial charge in [0.05, 0.1) is 36.0 Å². The molecule has 2 saturated heterocycles. The first kappa shape index (κ1) is 14.7. The Morgan fingerprint density at radius 3 is 3.09 bits per heavy atom. The maximum Gasteiger partial charge on any atom is 0.256 e. The molecule has 0 radical (unpaired) electrons. The van der Waals surface area contributed by atoms with Crippen LogP contribution in [0.15, 0.2) is 24.4 Å². The number of carbonyl (C=O) groups excluding carboxylic acids is 1. The van der Waals surface area contributed by atoms with Crippen LogP contribution in [0.4, 0.5) is 0 Å². The molecule has 0 bridgehead atoms. The first-order valence-corrected chi connectivity index (χ1v) is 8.10. The highest BCUT2D eigenvalue weighted by molar-refractivity contribution is 6.05. The molecule has 6 nitrogen and oxygen atoms in total. The highest BCUT2D eigenvalue weighted by Crippen LogP contribution is 2.35. The van der Waals surface area contributed by atoms with E-state index >= 15 is 0 Å². The molecule has 1 N–H and O–H groups in total. The molecule has 0 saturated carbocycles. The van der Waals surface area contributed by atoms with Crippen LogP contribution in [0.1, 0.15) is 30.6 Å². The Hall–Kier alpha value is -1.92. The molecule has 1 aromatic carbocycles. The lowest BCUT2D eigenvalue weighted by molar-refractivity contribution is -0.160. The van der Waals surface area contributed by atoms with E-state index in [2.05, 4.69) is 10.2 Å². The van der Waals surface area contributed by atoms with E-state index in [-0.39, 0.29) is 23.7 Å². The zero-order valence-corrected chi connectivity index (χ0v) is 13.4. The number of aromatic nitrogens is 2. The summed E-state index contributed by atoms with van der Waals surface area (Å²) in [6.45, 7) is 5.90. The quantitative estimate of drug-likeness (QED) is 0.874. The number of H-pyrrole nitrogens is 1. The van der Waals surface area contributed by atoms with Crippen molar-refractivity contribution in [3.63, 3.8) is 0 Å². The van der Waals surface area contributed by atoms with Crippen molar-refractivity contribution in [2.45, 2.75) is 38.1 Å². The lowest BCUT2D eigenvalue weighted by Gasteiger charge is -2.45. The van der Waals surface area contributed by atoms with Crippen molar-refractivity contribution in [1.29, 1.82) is 0 Å². The number of fused-ring (bicyclic) bond motifs is 1. The fourth-order valence-electron chi connectivity index (χ4n) is 3.77. The van der Waals surface area contributed by atoms with E-state index < -0.39 is 0 Å². The first-order valence-electron chi connectivity index (χ1n) is 8.10. The van der Waals surface area contributed by atoms with Crippen LogP contribution in [0.25, 0.3) is 10.9 Å². The zero-order chi connectivity index (χ0) is 16.0. The molecular weight excluding hydrogens is 294 g/mol. The van der Waals surface area contributed by atoms with E-state index in [0.717, 1.165) is 17.3 Å². The third-order valence-corrected chi connectivity index (χ3v) is 5.00. The van der Waals surface area contributed by atoms with E-state index in [1.807, 2.05) is 36.9 Å². The Morgan fingerprint density at radius 1 is 1.43 bits per heavy atom. The summed E-state index contributed by atoms with van der Waals surface area (Å²) in [7, 11) is 0. The van der Waals surface area contributed by atoms with Crippen LogP contribution in [-0.4, -0.2) is 58.5 Å². The number of nitrogens with zero attached hydrogens (tertiary/aromatic N) is 2. The van der Waals surface area contributed by atoms with Crippen LogP contribution < -0.4 is 0 Å². The normalized spacial score (nSPS) is 31.1.